The van der Waals surface area contributed by atoms with Gasteiger partial charge in [-0.05, 0) is 38.1 Å². The molecule has 7 nitrogen and oxygen atoms in total. The maximum absolute atomic E-state index is 12.3. The van der Waals surface area contributed by atoms with Crippen LogP contribution in [0.25, 0.3) is 0 Å². The van der Waals surface area contributed by atoms with Gasteiger partial charge in [0.15, 0.2) is 4.90 Å². The highest BCUT2D eigenvalue weighted by atomic mass is 35.5. The molecule has 0 bridgehead atoms. The Labute approximate surface area is 133 Å². The zero-order valence-electron chi connectivity index (χ0n) is 10.9. The van der Waals surface area contributed by atoms with Gasteiger partial charge in [0, 0.05) is 17.1 Å². The van der Waals surface area contributed by atoms with Crippen LogP contribution in [0.3, 0.4) is 0 Å². The van der Waals surface area contributed by atoms with Crippen molar-refractivity contribution in [2.45, 2.75) is 23.8 Å². The fourth-order valence-corrected chi connectivity index (χ4v) is 3.71. The zero-order valence-corrected chi connectivity index (χ0v) is 13.3. The van der Waals surface area contributed by atoms with Crippen LogP contribution in [0, 0.1) is 10.1 Å². The number of nitrogens with zero attached hydrogens (tertiary/aromatic N) is 1. The summed E-state index contributed by atoms with van der Waals surface area (Å²) < 4.78 is 27.0. The number of nitrogens with one attached hydrogen (secondary N) is 2. The summed E-state index contributed by atoms with van der Waals surface area (Å²) in [6.07, 6.45) is 1.31. The molecule has 1 saturated heterocycles. The molecule has 1 aliphatic rings. The van der Waals surface area contributed by atoms with Crippen molar-refractivity contribution in [3.05, 3.63) is 33.3 Å². The van der Waals surface area contributed by atoms with Crippen LogP contribution >= 0.6 is 24.0 Å². The molecule has 1 aliphatic heterocycles. The van der Waals surface area contributed by atoms with Gasteiger partial charge in [0.1, 0.15) is 0 Å². The number of hydrogen-bond acceptors (Lipinski definition) is 5. The van der Waals surface area contributed by atoms with Gasteiger partial charge in [-0.15, -0.1) is 12.4 Å². The summed E-state index contributed by atoms with van der Waals surface area (Å²) in [5.74, 6) is 0. The molecule has 2 N–H and O–H groups in total. The number of nitro groups is 1. The van der Waals surface area contributed by atoms with Crippen LogP contribution in [-0.4, -0.2) is 32.5 Å². The summed E-state index contributed by atoms with van der Waals surface area (Å²) in [6.45, 7) is 1.44. The molecular formula is C11H15Cl2N3O4S. The summed E-state index contributed by atoms with van der Waals surface area (Å²) in [4.78, 5) is 9.85. The molecule has 0 spiro atoms. The van der Waals surface area contributed by atoms with Crippen LogP contribution in [0.1, 0.15) is 12.8 Å². The molecule has 1 heterocycles. The highest BCUT2D eigenvalue weighted by molar-refractivity contribution is 7.89. The SMILES string of the molecule is Cl.O=[N+]([O-])c1cc(Cl)ccc1S(=O)(=O)NC1CCNCC1. The van der Waals surface area contributed by atoms with E-state index in [1.54, 1.807) is 0 Å². The van der Waals surface area contributed by atoms with E-state index < -0.39 is 20.6 Å². The number of piperidine rings is 1. The minimum atomic E-state index is -3.93. The smallest absolute Gasteiger partial charge is 0.290 e. The first-order valence-electron chi connectivity index (χ1n) is 6.07. The second-order valence-electron chi connectivity index (χ2n) is 4.51. The molecule has 1 fully saturated rings. The molecule has 1 aromatic carbocycles. The third kappa shape index (κ3) is 4.52. The third-order valence-corrected chi connectivity index (χ3v) is 4.87. The van der Waals surface area contributed by atoms with Crippen molar-refractivity contribution in [3.8, 4) is 0 Å². The van der Waals surface area contributed by atoms with Crippen LogP contribution in [0.4, 0.5) is 5.69 Å². The van der Waals surface area contributed by atoms with E-state index in [4.69, 9.17) is 11.6 Å². The van der Waals surface area contributed by atoms with Crippen molar-refractivity contribution in [2.24, 2.45) is 0 Å². The molecule has 118 valence electrons. The number of rotatable bonds is 4. The molecule has 0 aliphatic carbocycles. The first-order valence-corrected chi connectivity index (χ1v) is 7.93. The Bertz CT molecular complexity index is 618. The Morgan fingerprint density at radius 3 is 2.52 bits per heavy atom. The normalized spacial score (nSPS) is 16.2. The minimum absolute atomic E-state index is 0. The average molecular weight is 356 g/mol. The van der Waals surface area contributed by atoms with Gasteiger partial charge in [-0.2, -0.15) is 0 Å². The van der Waals surface area contributed by atoms with Crippen molar-refractivity contribution >= 4 is 39.7 Å². The molecule has 0 atom stereocenters. The lowest BCUT2D eigenvalue weighted by Gasteiger charge is -2.23. The van der Waals surface area contributed by atoms with Crippen LogP contribution in [-0.2, 0) is 10.0 Å². The maximum atomic E-state index is 12.3. The van der Waals surface area contributed by atoms with Gasteiger partial charge in [-0.25, -0.2) is 13.1 Å². The maximum Gasteiger partial charge on any atom is 0.290 e. The largest absolute Gasteiger partial charge is 0.317 e. The summed E-state index contributed by atoms with van der Waals surface area (Å²) in [6, 6.07) is 3.31. The van der Waals surface area contributed by atoms with Crippen molar-refractivity contribution in [2.75, 3.05) is 13.1 Å². The van der Waals surface area contributed by atoms with Gasteiger partial charge in [-0.3, -0.25) is 10.1 Å². The zero-order chi connectivity index (χ0) is 14.8. The van der Waals surface area contributed by atoms with Gasteiger partial charge in [0.2, 0.25) is 10.0 Å². The Morgan fingerprint density at radius 2 is 1.95 bits per heavy atom. The number of nitro benzene ring substituents is 1. The van der Waals surface area contributed by atoms with Crippen LogP contribution in [0.15, 0.2) is 23.1 Å². The molecule has 0 radical (unpaired) electrons. The number of hydrogen-bond donors (Lipinski definition) is 2. The minimum Gasteiger partial charge on any atom is -0.317 e. The molecule has 0 unspecified atom stereocenters. The lowest BCUT2D eigenvalue weighted by molar-refractivity contribution is -0.387. The van der Waals surface area contributed by atoms with Gasteiger partial charge < -0.3 is 5.32 Å². The lowest BCUT2D eigenvalue weighted by atomic mass is 10.1. The first-order chi connectivity index (χ1) is 9.40. The second-order valence-corrected chi connectivity index (χ2v) is 6.63. The number of sulfonamides is 1. The van der Waals surface area contributed by atoms with Gasteiger partial charge in [0.05, 0.1) is 4.92 Å². The van der Waals surface area contributed by atoms with Crippen LogP contribution < -0.4 is 10.0 Å². The summed E-state index contributed by atoms with van der Waals surface area (Å²) in [5, 5.41) is 14.2. The Morgan fingerprint density at radius 1 is 1.33 bits per heavy atom. The number of halogens is 2. The Hall–Kier alpha value is -0.930. The molecule has 2 rings (SSSR count). The standard InChI is InChI=1S/C11H14ClN3O4S.ClH/c12-8-1-2-11(10(7-8)15(16)17)20(18,19)14-9-3-5-13-6-4-9;/h1-2,7,9,13-14H,3-6H2;1H. The van der Waals surface area contributed by atoms with E-state index in [0.717, 1.165) is 25.2 Å². The second kappa shape index (κ2) is 7.37. The predicted octanol–water partition coefficient (Wildman–Crippen LogP) is 1.70. The van der Waals surface area contributed by atoms with Crippen LogP contribution in [0.5, 0.6) is 0 Å². The van der Waals surface area contributed by atoms with Crippen molar-refractivity contribution in [1.29, 1.82) is 0 Å². The third-order valence-electron chi connectivity index (χ3n) is 3.07. The number of benzene rings is 1. The van der Waals surface area contributed by atoms with Crippen molar-refractivity contribution < 1.29 is 13.3 Å². The predicted molar refractivity (Wildman–Crippen MR) is 81.6 cm³/mol. The summed E-state index contributed by atoms with van der Waals surface area (Å²) in [7, 11) is -3.93. The molecular weight excluding hydrogens is 341 g/mol. The van der Waals surface area contributed by atoms with Crippen LogP contribution in [0.2, 0.25) is 5.02 Å². The quantitative estimate of drug-likeness (QED) is 0.632. The Balaban J connectivity index is 0.00000220. The molecule has 1 aromatic rings. The van der Waals surface area contributed by atoms with E-state index >= 15 is 0 Å². The summed E-state index contributed by atoms with van der Waals surface area (Å²) >= 11 is 5.67. The van der Waals surface area contributed by atoms with E-state index in [2.05, 4.69) is 10.0 Å². The topological polar surface area (TPSA) is 101 Å². The van der Waals surface area contributed by atoms with Gasteiger partial charge in [0.25, 0.3) is 5.69 Å². The van der Waals surface area contributed by atoms with E-state index in [-0.39, 0.29) is 28.4 Å². The first kappa shape index (κ1) is 18.1. The van der Waals surface area contributed by atoms with E-state index in [1.807, 2.05) is 0 Å². The van der Waals surface area contributed by atoms with E-state index in [0.29, 0.717) is 12.8 Å². The lowest BCUT2D eigenvalue weighted by Crippen LogP contribution is -2.42. The highest BCUT2D eigenvalue weighted by Crippen LogP contribution is 2.27. The Kier molecular flexibility index (Phi) is 6.36. The van der Waals surface area contributed by atoms with Crippen molar-refractivity contribution in [3.63, 3.8) is 0 Å². The molecule has 21 heavy (non-hydrogen) atoms. The van der Waals surface area contributed by atoms with E-state index in [1.165, 1.54) is 6.07 Å². The fourth-order valence-electron chi connectivity index (χ4n) is 2.08. The fraction of sp³-hybridized carbons (Fsp3) is 0.455. The highest BCUT2D eigenvalue weighted by Gasteiger charge is 2.28. The average Bonchev–Trinajstić information content (AvgIpc) is 2.38. The van der Waals surface area contributed by atoms with Gasteiger partial charge in [-0.1, -0.05) is 11.6 Å². The summed E-state index contributed by atoms with van der Waals surface area (Å²) in [5.41, 5.74) is -0.515. The monoisotopic (exact) mass is 355 g/mol. The van der Waals surface area contributed by atoms with Gasteiger partial charge >= 0.3 is 0 Å². The molecule has 0 amide bonds. The molecule has 0 aromatic heterocycles. The molecule has 10 heteroatoms. The molecule has 0 saturated carbocycles. The van der Waals surface area contributed by atoms with Crippen molar-refractivity contribution in [1.82, 2.24) is 10.0 Å². The van der Waals surface area contributed by atoms with E-state index in [9.17, 15) is 18.5 Å².